The lowest BCUT2D eigenvalue weighted by Crippen LogP contribution is -2.51. The summed E-state index contributed by atoms with van der Waals surface area (Å²) in [6, 6.07) is 7.40. The number of carbonyl (C=O) groups excluding carboxylic acids is 2. The van der Waals surface area contributed by atoms with Crippen molar-refractivity contribution in [1.29, 1.82) is 0 Å². The van der Waals surface area contributed by atoms with E-state index in [9.17, 15) is 9.59 Å². The highest BCUT2D eigenvalue weighted by atomic mass is 16.5. The minimum absolute atomic E-state index is 0.0362. The molecule has 1 N–H and O–H groups in total. The van der Waals surface area contributed by atoms with Crippen molar-refractivity contribution in [2.75, 3.05) is 25.0 Å². The standard InChI is InChI=1S/C23H30N2O3/c1-15-14-25(6-7-28-15)21(26)19-2-4-20(5-3-19)24-22(27)23-11-16-8-17(12-23)10-18(9-16)13-23/h2-5,15-18H,6-14H2,1H3,(H,24,27). The third kappa shape index (κ3) is 3.24. The third-order valence-corrected chi connectivity index (χ3v) is 7.44. The summed E-state index contributed by atoms with van der Waals surface area (Å²) < 4.78 is 5.52. The van der Waals surface area contributed by atoms with E-state index in [1.54, 1.807) is 0 Å². The summed E-state index contributed by atoms with van der Waals surface area (Å²) >= 11 is 0. The molecule has 1 aliphatic heterocycles. The molecule has 1 heterocycles. The number of hydrogen-bond donors (Lipinski definition) is 1. The quantitative estimate of drug-likeness (QED) is 0.867. The van der Waals surface area contributed by atoms with E-state index >= 15 is 0 Å². The van der Waals surface area contributed by atoms with Crippen LogP contribution in [0.3, 0.4) is 0 Å². The Hall–Kier alpha value is -1.88. The van der Waals surface area contributed by atoms with Crippen LogP contribution in [0.25, 0.3) is 0 Å². The molecule has 1 atom stereocenters. The fourth-order valence-corrected chi connectivity index (χ4v) is 6.53. The van der Waals surface area contributed by atoms with Gasteiger partial charge in [0.15, 0.2) is 0 Å². The molecule has 5 aliphatic rings. The third-order valence-electron chi connectivity index (χ3n) is 7.44. The Balaban J connectivity index is 1.25. The number of hydrogen-bond acceptors (Lipinski definition) is 3. The van der Waals surface area contributed by atoms with Crippen LogP contribution in [-0.2, 0) is 9.53 Å². The summed E-state index contributed by atoms with van der Waals surface area (Å²) in [6.45, 7) is 3.84. The van der Waals surface area contributed by atoms with Crippen LogP contribution < -0.4 is 5.32 Å². The summed E-state index contributed by atoms with van der Waals surface area (Å²) in [5, 5.41) is 3.17. The number of ether oxygens (including phenoxy) is 1. The molecule has 1 unspecified atom stereocenters. The summed E-state index contributed by atoms with van der Waals surface area (Å²) in [7, 11) is 0. The lowest BCUT2D eigenvalue weighted by Gasteiger charge is -2.55. The zero-order valence-corrected chi connectivity index (χ0v) is 16.7. The molecule has 150 valence electrons. The predicted octanol–water partition coefficient (Wildman–Crippen LogP) is 3.70. The molecule has 2 amide bonds. The lowest BCUT2D eigenvalue weighted by atomic mass is 9.49. The van der Waals surface area contributed by atoms with Gasteiger partial charge in [-0.05, 0) is 87.5 Å². The van der Waals surface area contributed by atoms with Gasteiger partial charge in [-0.15, -0.1) is 0 Å². The topological polar surface area (TPSA) is 58.6 Å². The van der Waals surface area contributed by atoms with Crippen LogP contribution >= 0.6 is 0 Å². The first-order valence-electron chi connectivity index (χ1n) is 10.8. The minimum atomic E-state index is -0.146. The summed E-state index contributed by atoms with van der Waals surface area (Å²) in [6.07, 6.45) is 7.29. The van der Waals surface area contributed by atoms with Gasteiger partial charge >= 0.3 is 0 Å². The number of carbonyl (C=O) groups is 2. The van der Waals surface area contributed by atoms with E-state index in [2.05, 4.69) is 5.32 Å². The van der Waals surface area contributed by atoms with Crippen LogP contribution in [0.2, 0.25) is 0 Å². The minimum Gasteiger partial charge on any atom is -0.375 e. The molecule has 1 aromatic rings. The van der Waals surface area contributed by atoms with Gasteiger partial charge in [-0.2, -0.15) is 0 Å². The Bertz CT molecular complexity index is 737. The average Bonchev–Trinajstić information content (AvgIpc) is 2.67. The fraction of sp³-hybridized carbons (Fsp3) is 0.652. The van der Waals surface area contributed by atoms with Crippen LogP contribution in [0.4, 0.5) is 5.69 Å². The second-order valence-electron chi connectivity index (χ2n) is 9.66. The van der Waals surface area contributed by atoms with Crippen molar-refractivity contribution in [3.63, 3.8) is 0 Å². The lowest BCUT2D eigenvalue weighted by molar-refractivity contribution is -0.140. The zero-order valence-electron chi connectivity index (χ0n) is 16.7. The van der Waals surface area contributed by atoms with Crippen molar-refractivity contribution in [3.05, 3.63) is 29.8 Å². The first-order valence-corrected chi connectivity index (χ1v) is 10.8. The van der Waals surface area contributed by atoms with Gasteiger partial charge in [-0.3, -0.25) is 9.59 Å². The zero-order chi connectivity index (χ0) is 19.3. The van der Waals surface area contributed by atoms with Crippen LogP contribution in [0, 0.1) is 23.2 Å². The highest BCUT2D eigenvalue weighted by Gasteiger charge is 2.54. The van der Waals surface area contributed by atoms with E-state index in [4.69, 9.17) is 4.74 Å². The molecule has 1 aromatic carbocycles. The number of rotatable bonds is 3. The molecule has 6 rings (SSSR count). The molecule has 5 nitrogen and oxygen atoms in total. The van der Waals surface area contributed by atoms with Crippen LogP contribution in [-0.4, -0.2) is 42.5 Å². The van der Waals surface area contributed by atoms with E-state index in [0.29, 0.717) is 25.3 Å². The Morgan fingerprint density at radius 3 is 2.21 bits per heavy atom. The van der Waals surface area contributed by atoms with Crippen LogP contribution in [0.15, 0.2) is 24.3 Å². The van der Waals surface area contributed by atoms with Gasteiger partial charge < -0.3 is 15.0 Å². The van der Waals surface area contributed by atoms with Gasteiger partial charge in [0.25, 0.3) is 5.91 Å². The van der Waals surface area contributed by atoms with Crippen LogP contribution in [0.5, 0.6) is 0 Å². The number of nitrogens with one attached hydrogen (secondary N) is 1. The van der Waals surface area contributed by atoms with Crippen LogP contribution in [0.1, 0.15) is 55.8 Å². The second kappa shape index (κ2) is 6.87. The van der Waals surface area contributed by atoms with E-state index < -0.39 is 0 Å². The summed E-state index contributed by atoms with van der Waals surface area (Å²) in [5.74, 6) is 2.51. The van der Waals surface area contributed by atoms with Gasteiger partial charge in [0, 0.05) is 24.3 Å². The number of morpholine rings is 1. The van der Waals surface area contributed by atoms with Crippen molar-refractivity contribution in [1.82, 2.24) is 4.90 Å². The average molecular weight is 383 g/mol. The molecular weight excluding hydrogens is 352 g/mol. The van der Waals surface area contributed by atoms with Crippen molar-refractivity contribution < 1.29 is 14.3 Å². The first kappa shape index (κ1) is 18.2. The summed E-state index contributed by atoms with van der Waals surface area (Å²) in [4.78, 5) is 27.7. The van der Waals surface area contributed by atoms with E-state index in [1.165, 1.54) is 19.3 Å². The Kier molecular flexibility index (Phi) is 4.46. The van der Waals surface area contributed by atoms with Gasteiger partial charge in [-0.25, -0.2) is 0 Å². The maximum absolute atomic E-state index is 13.2. The number of nitrogens with zero attached hydrogens (tertiary/aromatic N) is 1. The van der Waals surface area contributed by atoms with Gasteiger partial charge in [-0.1, -0.05) is 0 Å². The van der Waals surface area contributed by atoms with E-state index in [0.717, 1.165) is 42.7 Å². The predicted molar refractivity (Wildman–Crippen MR) is 107 cm³/mol. The second-order valence-corrected chi connectivity index (χ2v) is 9.66. The molecule has 4 aliphatic carbocycles. The van der Waals surface area contributed by atoms with Crippen molar-refractivity contribution >= 4 is 17.5 Å². The molecule has 5 heteroatoms. The molecule has 4 saturated carbocycles. The molecule has 0 aromatic heterocycles. The molecule has 0 radical (unpaired) electrons. The smallest absolute Gasteiger partial charge is 0.254 e. The van der Waals surface area contributed by atoms with Crippen molar-refractivity contribution in [2.24, 2.45) is 23.2 Å². The Morgan fingerprint density at radius 2 is 1.64 bits per heavy atom. The maximum Gasteiger partial charge on any atom is 0.254 e. The van der Waals surface area contributed by atoms with Gasteiger partial charge in [0.1, 0.15) is 0 Å². The highest BCUT2D eigenvalue weighted by Crippen LogP contribution is 2.60. The molecular formula is C23H30N2O3. The SMILES string of the molecule is CC1CN(C(=O)c2ccc(NC(=O)C34CC5CC(CC(C5)C3)C4)cc2)CCO1. The maximum atomic E-state index is 13.2. The normalized spacial score (nSPS) is 36.4. The fourth-order valence-electron chi connectivity index (χ4n) is 6.53. The largest absolute Gasteiger partial charge is 0.375 e. The molecule has 1 saturated heterocycles. The number of benzene rings is 1. The monoisotopic (exact) mass is 382 g/mol. The number of amides is 2. The molecule has 4 bridgehead atoms. The number of anilines is 1. The Morgan fingerprint density at radius 1 is 1.04 bits per heavy atom. The van der Waals surface area contributed by atoms with Gasteiger partial charge in [0.2, 0.25) is 5.91 Å². The van der Waals surface area contributed by atoms with Crippen molar-refractivity contribution in [2.45, 2.75) is 51.6 Å². The molecule has 0 spiro atoms. The van der Waals surface area contributed by atoms with Crippen molar-refractivity contribution in [3.8, 4) is 0 Å². The summed E-state index contributed by atoms with van der Waals surface area (Å²) in [5.41, 5.74) is 1.32. The first-order chi connectivity index (χ1) is 13.5. The van der Waals surface area contributed by atoms with Gasteiger partial charge in [0.05, 0.1) is 18.1 Å². The highest BCUT2D eigenvalue weighted by molar-refractivity contribution is 5.97. The molecule has 5 fully saturated rings. The van der Waals surface area contributed by atoms with E-state index in [1.807, 2.05) is 36.1 Å². The van der Waals surface area contributed by atoms with E-state index in [-0.39, 0.29) is 23.3 Å². The molecule has 28 heavy (non-hydrogen) atoms. The Labute approximate surface area is 166 Å².